The maximum Gasteiger partial charge on any atom is 0.161 e. The van der Waals surface area contributed by atoms with Gasteiger partial charge in [-0.25, -0.2) is 0 Å². The van der Waals surface area contributed by atoms with E-state index in [0.29, 0.717) is 30.2 Å². The molecule has 0 fully saturated rings. The van der Waals surface area contributed by atoms with Gasteiger partial charge in [-0.1, -0.05) is 30.3 Å². The summed E-state index contributed by atoms with van der Waals surface area (Å²) in [4.78, 5) is 13.6. The molecule has 0 spiro atoms. The molecule has 2 aromatic rings. The van der Waals surface area contributed by atoms with E-state index in [4.69, 9.17) is 9.47 Å². The summed E-state index contributed by atoms with van der Waals surface area (Å²) in [5, 5.41) is 13.5. The molecular formula is C22H30N2O4. The fraction of sp³-hybridized carbons (Fsp3) is 0.409. The highest BCUT2D eigenvalue weighted by Gasteiger charge is 2.15. The normalized spacial score (nSPS) is 13.2. The number of benzene rings is 2. The molecule has 0 heterocycles. The van der Waals surface area contributed by atoms with Crippen molar-refractivity contribution in [2.24, 2.45) is 0 Å². The topological polar surface area (TPSA) is 71.0 Å². The highest BCUT2D eigenvalue weighted by Crippen LogP contribution is 2.28. The van der Waals surface area contributed by atoms with Crippen LogP contribution in [0.1, 0.15) is 28.9 Å². The second-order valence-electron chi connectivity index (χ2n) is 6.93. The molecule has 0 aliphatic rings. The van der Waals surface area contributed by atoms with Crippen LogP contribution in [0.5, 0.6) is 11.5 Å². The number of aliphatic hydroxyl groups excluding tert-OH is 1. The van der Waals surface area contributed by atoms with E-state index in [-0.39, 0.29) is 18.4 Å². The van der Waals surface area contributed by atoms with Crippen molar-refractivity contribution in [2.45, 2.75) is 19.1 Å². The summed E-state index contributed by atoms with van der Waals surface area (Å²) < 4.78 is 11.0. The first kappa shape index (κ1) is 21.9. The monoisotopic (exact) mass is 386 g/mol. The second-order valence-corrected chi connectivity index (χ2v) is 6.93. The zero-order valence-corrected chi connectivity index (χ0v) is 17.0. The van der Waals surface area contributed by atoms with Crippen LogP contribution in [-0.4, -0.2) is 62.8 Å². The van der Waals surface area contributed by atoms with Crippen LogP contribution in [0, 0.1) is 0 Å². The number of carbonyl (C=O) groups is 1. The Morgan fingerprint density at radius 2 is 1.82 bits per heavy atom. The average Bonchev–Trinajstić information content (AvgIpc) is 2.69. The van der Waals surface area contributed by atoms with Crippen LogP contribution in [-0.2, 0) is 0 Å². The summed E-state index contributed by atoms with van der Waals surface area (Å²) in [5.41, 5.74) is 1.78. The van der Waals surface area contributed by atoms with E-state index in [1.807, 2.05) is 32.3 Å². The number of ketones is 1. The lowest BCUT2D eigenvalue weighted by Gasteiger charge is -2.25. The minimum absolute atomic E-state index is 0.0389. The molecule has 0 amide bonds. The lowest BCUT2D eigenvalue weighted by molar-refractivity contribution is 0.100. The van der Waals surface area contributed by atoms with Gasteiger partial charge >= 0.3 is 0 Å². The molecule has 0 saturated heterocycles. The summed E-state index contributed by atoms with van der Waals surface area (Å²) >= 11 is 0. The number of ether oxygens (including phenoxy) is 2. The molecule has 2 atom stereocenters. The van der Waals surface area contributed by atoms with Crippen LogP contribution in [0.3, 0.4) is 0 Å². The van der Waals surface area contributed by atoms with Crippen LogP contribution in [0.4, 0.5) is 0 Å². The van der Waals surface area contributed by atoms with Gasteiger partial charge in [-0.2, -0.15) is 0 Å². The van der Waals surface area contributed by atoms with Crippen molar-refractivity contribution in [1.29, 1.82) is 0 Å². The van der Waals surface area contributed by atoms with Crippen molar-refractivity contribution in [3.8, 4) is 11.5 Å². The first-order chi connectivity index (χ1) is 13.4. The second kappa shape index (κ2) is 10.8. The first-order valence-electron chi connectivity index (χ1n) is 9.34. The molecule has 2 aromatic carbocycles. The van der Waals surface area contributed by atoms with Gasteiger partial charge in [-0.15, -0.1) is 0 Å². The number of nitrogens with one attached hydrogen (secondary N) is 1. The van der Waals surface area contributed by atoms with Gasteiger partial charge in [0.1, 0.15) is 12.7 Å². The zero-order valence-electron chi connectivity index (χ0n) is 17.0. The Balaban J connectivity index is 1.84. The Kier molecular flexibility index (Phi) is 8.44. The van der Waals surface area contributed by atoms with Gasteiger partial charge in [0.15, 0.2) is 17.3 Å². The van der Waals surface area contributed by atoms with Crippen LogP contribution >= 0.6 is 0 Å². The van der Waals surface area contributed by atoms with Gasteiger partial charge in [-0.05, 0) is 44.8 Å². The summed E-state index contributed by atoms with van der Waals surface area (Å²) in [6, 6.07) is 15.5. The van der Waals surface area contributed by atoms with Gasteiger partial charge in [0.25, 0.3) is 0 Å². The van der Waals surface area contributed by atoms with Crippen molar-refractivity contribution < 1.29 is 19.4 Å². The fourth-order valence-electron chi connectivity index (χ4n) is 2.91. The van der Waals surface area contributed by atoms with Crippen molar-refractivity contribution in [1.82, 2.24) is 10.2 Å². The van der Waals surface area contributed by atoms with Crippen LogP contribution in [0.25, 0.3) is 0 Å². The molecule has 0 aliphatic heterocycles. The smallest absolute Gasteiger partial charge is 0.161 e. The van der Waals surface area contributed by atoms with Crippen LogP contribution in [0.15, 0.2) is 48.5 Å². The molecule has 0 saturated carbocycles. The van der Waals surface area contributed by atoms with E-state index in [0.717, 1.165) is 0 Å². The standard InChI is InChI=1S/C22H30N2O4/c1-16(25)18-10-11-21(22(12-18)27-4)28-15-19(26)13-23-14-20(24(2)3)17-8-6-5-7-9-17/h5-12,19-20,23,26H,13-15H2,1-4H3/t19-,20-/m0/s1. The van der Waals surface area contributed by atoms with E-state index in [1.54, 1.807) is 18.2 Å². The number of rotatable bonds is 11. The maximum absolute atomic E-state index is 11.5. The first-order valence-corrected chi connectivity index (χ1v) is 9.34. The number of hydrogen-bond donors (Lipinski definition) is 2. The zero-order chi connectivity index (χ0) is 20.5. The van der Waals surface area contributed by atoms with Crippen LogP contribution < -0.4 is 14.8 Å². The third-order valence-corrected chi connectivity index (χ3v) is 4.53. The number of likely N-dealkylation sites (N-methyl/N-ethyl adjacent to an activating group) is 1. The summed E-state index contributed by atoms with van der Waals surface area (Å²) in [7, 11) is 5.60. The molecule has 2 rings (SSSR count). The number of methoxy groups -OCH3 is 1. The van der Waals surface area contributed by atoms with Gasteiger partial charge in [0.05, 0.1) is 7.11 Å². The molecule has 0 aliphatic carbocycles. The molecule has 152 valence electrons. The largest absolute Gasteiger partial charge is 0.493 e. The Hall–Kier alpha value is -2.41. The highest BCUT2D eigenvalue weighted by molar-refractivity contribution is 5.94. The van der Waals surface area contributed by atoms with E-state index in [1.165, 1.54) is 19.6 Å². The van der Waals surface area contributed by atoms with E-state index in [9.17, 15) is 9.90 Å². The summed E-state index contributed by atoms with van der Waals surface area (Å²) in [6.45, 7) is 2.75. The Morgan fingerprint density at radius 1 is 1.11 bits per heavy atom. The lowest BCUT2D eigenvalue weighted by Crippen LogP contribution is -2.37. The number of hydrogen-bond acceptors (Lipinski definition) is 6. The molecule has 0 radical (unpaired) electrons. The molecule has 2 N–H and O–H groups in total. The highest BCUT2D eigenvalue weighted by atomic mass is 16.5. The Morgan fingerprint density at radius 3 is 2.43 bits per heavy atom. The molecule has 0 unspecified atom stereocenters. The predicted octanol–water partition coefficient (Wildman–Crippen LogP) is 2.53. The maximum atomic E-state index is 11.5. The number of nitrogens with zero attached hydrogens (tertiary/aromatic N) is 1. The summed E-state index contributed by atoms with van der Waals surface area (Å²) in [6.07, 6.45) is -0.671. The SMILES string of the molecule is COc1cc(C(C)=O)ccc1OC[C@@H](O)CNC[C@@H](c1ccccc1)N(C)C. The lowest BCUT2D eigenvalue weighted by atomic mass is 10.1. The van der Waals surface area contributed by atoms with Crippen molar-refractivity contribution in [3.63, 3.8) is 0 Å². The number of Topliss-reactive ketones (excluding diaryl/α,β-unsaturated/α-hetero) is 1. The van der Waals surface area contributed by atoms with Crippen molar-refractivity contribution in [2.75, 3.05) is 40.9 Å². The third-order valence-electron chi connectivity index (χ3n) is 4.53. The van der Waals surface area contributed by atoms with E-state index in [2.05, 4.69) is 22.3 Å². The molecule has 0 aromatic heterocycles. The van der Waals surface area contributed by atoms with Crippen molar-refractivity contribution >= 4 is 5.78 Å². The minimum atomic E-state index is -0.671. The molecule has 0 bridgehead atoms. The third kappa shape index (κ3) is 6.34. The molecular weight excluding hydrogens is 356 g/mol. The quantitative estimate of drug-likeness (QED) is 0.579. The van der Waals surface area contributed by atoms with Gasteiger partial charge in [0.2, 0.25) is 0 Å². The average molecular weight is 386 g/mol. The van der Waals surface area contributed by atoms with E-state index >= 15 is 0 Å². The van der Waals surface area contributed by atoms with Crippen LogP contribution in [0.2, 0.25) is 0 Å². The van der Waals surface area contributed by atoms with Crippen molar-refractivity contribution in [3.05, 3.63) is 59.7 Å². The number of aliphatic hydroxyl groups is 1. The van der Waals surface area contributed by atoms with E-state index < -0.39 is 6.10 Å². The minimum Gasteiger partial charge on any atom is -0.493 e. The summed E-state index contributed by atoms with van der Waals surface area (Å²) in [5.74, 6) is 0.939. The van der Waals surface area contributed by atoms with Gasteiger partial charge < -0.3 is 24.8 Å². The molecule has 6 heteroatoms. The van der Waals surface area contributed by atoms with Gasteiger partial charge in [0, 0.05) is 24.7 Å². The predicted molar refractivity (Wildman–Crippen MR) is 110 cm³/mol. The molecule has 6 nitrogen and oxygen atoms in total. The Labute approximate surface area is 167 Å². The van der Waals surface area contributed by atoms with Gasteiger partial charge in [-0.3, -0.25) is 4.79 Å². The fourth-order valence-corrected chi connectivity index (χ4v) is 2.91. The molecule has 28 heavy (non-hydrogen) atoms. The number of carbonyl (C=O) groups excluding carboxylic acids is 1. The Bertz CT molecular complexity index is 749.